The van der Waals surface area contributed by atoms with Gasteiger partial charge in [-0.2, -0.15) is 0 Å². The molecule has 1 aliphatic rings. The Balaban J connectivity index is 0.866. The van der Waals surface area contributed by atoms with Crippen molar-refractivity contribution >= 4 is 35.0 Å². The Morgan fingerprint density at radius 3 is 1.69 bits per heavy atom. The van der Waals surface area contributed by atoms with Crippen molar-refractivity contribution in [2.75, 3.05) is 131 Å². The number of benzene rings is 3. The summed E-state index contributed by atoms with van der Waals surface area (Å²) in [5.74, 6) is 2.31. The molecule has 0 saturated carbocycles. The zero-order valence-corrected chi connectivity index (χ0v) is 37.6. The van der Waals surface area contributed by atoms with Crippen molar-refractivity contribution in [1.82, 2.24) is 20.1 Å². The lowest BCUT2D eigenvalue weighted by atomic mass is 10.00. The standard InChI is InChI=1S/C45H59ClN6O13/c1-33-50-51-44-40(49-43(34-3-5-35(46)6-4-34)39-31-38(56-2)11-12-41(39)52(33)44)32-42(53)48-36-7-9-37(10-8-36)65-30-29-64-28-27-63-26-25-62-24-23-61-22-21-60-20-19-59-18-17-58-16-15-57-14-13-47-45(54)55/h3-12,31,40,47H,13-30,32H2,1-2H3,(H,48,53)(H,54,55)/t40-/m1/s1. The Hall–Kier alpha value is -5.22. The van der Waals surface area contributed by atoms with Crippen LogP contribution in [0.15, 0.2) is 71.7 Å². The Morgan fingerprint density at radius 2 is 1.17 bits per heavy atom. The number of fused-ring (bicyclic) bond motifs is 3. The van der Waals surface area contributed by atoms with Crippen molar-refractivity contribution < 1.29 is 62.1 Å². The molecule has 0 radical (unpaired) electrons. The van der Waals surface area contributed by atoms with E-state index in [2.05, 4.69) is 20.8 Å². The monoisotopic (exact) mass is 926 g/mol. The van der Waals surface area contributed by atoms with Crippen molar-refractivity contribution in [3.05, 3.63) is 94.5 Å². The van der Waals surface area contributed by atoms with E-state index in [1.54, 1.807) is 31.4 Å². The first-order chi connectivity index (χ1) is 31.8. The molecule has 0 unspecified atom stereocenters. The average molecular weight is 927 g/mol. The van der Waals surface area contributed by atoms with E-state index in [0.29, 0.717) is 152 Å². The predicted molar refractivity (Wildman–Crippen MR) is 240 cm³/mol. The molecule has 19 nitrogen and oxygen atoms in total. The third kappa shape index (κ3) is 18.3. The molecule has 0 aliphatic carbocycles. The molecule has 1 atom stereocenters. The van der Waals surface area contributed by atoms with Gasteiger partial charge in [0.1, 0.15) is 30.0 Å². The number of carbonyl (C=O) groups is 2. The van der Waals surface area contributed by atoms with Gasteiger partial charge in [-0.15, -0.1) is 10.2 Å². The Labute approximate surface area is 383 Å². The van der Waals surface area contributed by atoms with E-state index in [9.17, 15) is 9.59 Å². The van der Waals surface area contributed by atoms with E-state index in [1.165, 1.54) is 0 Å². The highest BCUT2D eigenvalue weighted by molar-refractivity contribution is 6.30. The number of amides is 2. The smallest absolute Gasteiger partial charge is 0.404 e. The van der Waals surface area contributed by atoms with Gasteiger partial charge in [-0.25, -0.2) is 4.79 Å². The maximum Gasteiger partial charge on any atom is 0.404 e. The molecule has 1 aliphatic heterocycles. The lowest BCUT2D eigenvalue weighted by molar-refractivity contribution is -0.116. The van der Waals surface area contributed by atoms with E-state index in [0.717, 1.165) is 16.8 Å². The third-order valence-electron chi connectivity index (χ3n) is 9.39. The van der Waals surface area contributed by atoms with E-state index in [-0.39, 0.29) is 18.9 Å². The van der Waals surface area contributed by atoms with Crippen LogP contribution in [0.25, 0.3) is 5.69 Å². The normalized spacial score (nSPS) is 13.1. The van der Waals surface area contributed by atoms with Crippen LogP contribution in [-0.4, -0.2) is 164 Å². The van der Waals surface area contributed by atoms with Crippen LogP contribution < -0.4 is 20.1 Å². The van der Waals surface area contributed by atoms with Crippen molar-refractivity contribution in [2.24, 2.45) is 4.99 Å². The lowest BCUT2D eigenvalue weighted by Gasteiger charge is -2.14. The number of hydrogen-bond acceptors (Lipinski definition) is 15. The summed E-state index contributed by atoms with van der Waals surface area (Å²) in [5, 5.41) is 23.1. The maximum atomic E-state index is 13.5. The number of nitrogens with one attached hydrogen (secondary N) is 2. The van der Waals surface area contributed by atoms with Gasteiger partial charge in [-0.1, -0.05) is 23.7 Å². The van der Waals surface area contributed by atoms with Gasteiger partial charge in [0.15, 0.2) is 5.82 Å². The quantitative estimate of drug-likeness (QED) is 0.0540. The van der Waals surface area contributed by atoms with Crippen molar-refractivity contribution in [1.29, 1.82) is 0 Å². The number of hydrogen-bond donors (Lipinski definition) is 3. The number of aliphatic imine (C=N–C) groups is 1. The molecule has 4 aromatic rings. The molecule has 354 valence electrons. The van der Waals surface area contributed by atoms with Gasteiger partial charge in [0.25, 0.3) is 0 Å². The number of nitrogens with zero attached hydrogens (tertiary/aromatic N) is 4. The van der Waals surface area contributed by atoms with E-state index in [1.807, 2.05) is 54.0 Å². The lowest BCUT2D eigenvalue weighted by Crippen LogP contribution is -2.25. The second kappa shape index (κ2) is 29.3. The minimum atomic E-state index is -1.07. The highest BCUT2D eigenvalue weighted by Gasteiger charge is 2.30. The number of carbonyl (C=O) groups excluding carboxylic acids is 1. The highest BCUT2D eigenvalue weighted by atomic mass is 35.5. The van der Waals surface area contributed by atoms with Crippen LogP contribution in [0.1, 0.15) is 35.2 Å². The van der Waals surface area contributed by atoms with Gasteiger partial charge in [-0.05, 0) is 61.5 Å². The second-order valence-corrected chi connectivity index (χ2v) is 14.5. The summed E-state index contributed by atoms with van der Waals surface area (Å²) in [5.41, 5.74) is 3.79. The SMILES string of the molecule is COc1ccc2c(c1)C(c1ccc(Cl)cc1)=N[C@H](CC(=O)Nc1ccc(OCCOCCOCCOCCOCCOCCOCCOCCOCCNC(=O)O)cc1)c1nnc(C)n1-2. The fourth-order valence-corrected chi connectivity index (χ4v) is 6.41. The molecule has 5 rings (SSSR count). The fourth-order valence-electron chi connectivity index (χ4n) is 6.29. The zero-order valence-electron chi connectivity index (χ0n) is 36.9. The van der Waals surface area contributed by atoms with E-state index in [4.69, 9.17) is 69.1 Å². The highest BCUT2D eigenvalue weighted by Crippen LogP contribution is 2.34. The van der Waals surface area contributed by atoms with Gasteiger partial charge >= 0.3 is 6.09 Å². The van der Waals surface area contributed by atoms with Gasteiger partial charge < -0.3 is 63.1 Å². The van der Waals surface area contributed by atoms with Gasteiger partial charge in [0, 0.05) is 28.4 Å². The molecular formula is C45H59ClN6O13. The number of anilines is 1. The van der Waals surface area contributed by atoms with Gasteiger partial charge in [-0.3, -0.25) is 14.4 Å². The van der Waals surface area contributed by atoms with Crippen LogP contribution in [0.2, 0.25) is 5.02 Å². The summed E-state index contributed by atoms with van der Waals surface area (Å²) in [6.45, 7) is 9.34. The Morgan fingerprint density at radius 1 is 0.662 bits per heavy atom. The predicted octanol–water partition coefficient (Wildman–Crippen LogP) is 4.94. The minimum absolute atomic E-state index is 0.0240. The number of methoxy groups -OCH3 is 1. The van der Waals surface area contributed by atoms with Crippen molar-refractivity contribution in [3.8, 4) is 17.2 Å². The first kappa shape index (κ1) is 50.8. The molecule has 1 aromatic heterocycles. The number of aromatic nitrogens is 3. The Kier molecular flexibility index (Phi) is 22.9. The summed E-state index contributed by atoms with van der Waals surface area (Å²) in [6.07, 6.45) is -1.05. The number of carboxylic acid groups (broad SMARTS) is 1. The van der Waals surface area contributed by atoms with Crippen LogP contribution >= 0.6 is 11.6 Å². The summed E-state index contributed by atoms with van der Waals surface area (Å²) >= 11 is 6.22. The van der Waals surface area contributed by atoms with Crippen LogP contribution in [0.3, 0.4) is 0 Å². The molecule has 20 heteroatoms. The molecule has 0 fully saturated rings. The molecule has 3 aromatic carbocycles. The minimum Gasteiger partial charge on any atom is -0.497 e. The maximum absolute atomic E-state index is 13.5. The first-order valence-corrected chi connectivity index (χ1v) is 21.8. The number of ether oxygens (including phenoxy) is 10. The van der Waals surface area contributed by atoms with Crippen LogP contribution in [0.5, 0.6) is 11.5 Å². The summed E-state index contributed by atoms with van der Waals surface area (Å²) in [7, 11) is 1.62. The van der Waals surface area contributed by atoms with Crippen molar-refractivity contribution in [2.45, 2.75) is 19.4 Å². The third-order valence-corrected chi connectivity index (χ3v) is 9.64. The second-order valence-electron chi connectivity index (χ2n) is 14.1. The molecule has 3 N–H and O–H groups in total. The molecule has 65 heavy (non-hydrogen) atoms. The van der Waals surface area contributed by atoms with Crippen LogP contribution in [0.4, 0.5) is 10.5 Å². The zero-order chi connectivity index (χ0) is 45.9. The average Bonchev–Trinajstić information content (AvgIpc) is 3.63. The molecule has 2 heterocycles. The largest absolute Gasteiger partial charge is 0.497 e. The van der Waals surface area contributed by atoms with Crippen LogP contribution in [0, 0.1) is 6.92 Å². The van der Waals surface area contributed by atoms with Crippen LogP contribution in [-0.2, 0) is 42.7 Å². The summed E-state index contributed by atoms with van der Waals surface area (Å²) in [6, 6.07) is 19.7. The molecule has 0 saturated heterocycles. The molecule has 0 spiro atoms. The van der Waals surface area contributed by atoms with Crippen molar-refractivity contribution in [3.63, 3.8) is 0 Å². The molecular weight excluding hydrogens is 868 g/mol. The van der Waals surface area contributed by atoms with E-state index < -0.39 is 12.1 Å². The molecule has 0 bridgehead atoms. The van der Waals surface area contributed by atoms with E-state index >= 15 is 0 Å². The first-order valence-electron chi connectivity index (χ1n) is 21.4. The van der Waals surface area contributed by atoms with Gasteiger partial charge in [0.2, 0.25) is 5.91 Å². The van der Waals surface area contributed by atoms with Gasteiger partial charge in [0.05, 0.1) is 131 Å². The number of halogens is 1. The summed E-state index contributed by atoms with van der Waals surface area (Å²) < 4.78 is 57.0. The number of aryl methyl sites for hydroxylation is 1. The molecule has 2 amide bonds. The topological polar surface area (TPSA) is 214 Å². The fraction of sp³-hybridized carbons (Fsp3) is 0.489. The Bertz CT molecular complexity index is 2040. The number of rotatable bonds is 33. The summed E-state index contributed by atoms with van der Waals surface area (Å²) in [4.78, 5) is 28.9.